The first kappa shape index (κ1) is 13.9. The zero-order valence-electron chi connectivity index (χ0n) is 12.3. The van der Waals surface area contributed by atoms with Crippen LogP contribution in [0.1, 0.15) is 65.2 Å². The lowest BCUT2D eigenvalue weighted by atomic mass is 9.96. The summed E-state index contributed by atoms with van der Waals surface area (Å²) in [6, 6.07) is -0.499. The largest absolute Gasteiger partial charge is 0.321 e. The second-order valence-electron chi connectivity index (χ2n) is 6.38. The summed E-state index contributed by atoms with van der Waals surface area (Å²) in [6.07, 6.45) is 5.68. The molecule has 0 spiro atoms. The van der Waals surface area contributed by atoms with Gasteiger partial charge in [0.2, 0.25) is 11.8 Å². The second kappa shape index (κ2) is 5.19. The number of carbonyl (C=O) groups excluding carboxylic acids is 3. The minimum atomic E-state index is -0.499. The number of nitrogens with one attached hydrogen (secondary N) is 1. The molecule has 3 aliphatic rings. The summed E-state index contributed by atoms with van der Waals surface area (Å²) in [7, 11) is 0. The molecule has 5 nitrogen and oxygen atoms in total. The highest BCUT2D eigenvalue weighted by Gasteiger charge is 2.41. The quantitative estimate of drug-likeness (QED) is 0.850. The summed E-state index contributed by atoms with van der Waals surface area (Å²) >= 11 is 1.51. The zero-order valence-corrected chi connectivity index (χ0v) is 13.1. The molecule has 22 heavy (non-hydrogen) atoms. The van der Waals surface area contributed by atoms with Crippen molar-refractivity contribution in [1.82, 2.24) is 10.2 Å². The number of rotatable bonds is 2. The second-order valence-corrected chi connectivity index (χ2v) is 7.26. The van der Waals surface area contributed by atoms with Crippen molar-refractivity contribution < 1.29 is 14.4 Å². The zero-order chi connectivity index (χ0) is 15.3. The van der Waals surface area contributed by atoms with Crippen LogP contribution in [0.15, 0.2) is 5.38 Å². The standard InChI is InChI=1S/C16H18N2O3S/c19-13-6-5-12(15(20)17-13)18-7-10-11(9-3-1-2-4-9)8-22-14(10)16(18)21/h8-9,12H,1-7H2,(H,17,19,20). The molecule has 2 fully saturated rings. The van der Waals surface area contributed by atoms with Crippen molar-refractivity contribution in [2.24, 2.45) is 0 Å². The summed E-state index contributed by atoms with van der Waals surface area (Å²) in [5.41, 5.74) is 2.45. The number of thiophene rings is 1. The first-order valence-corrected chi connectivity index (χ1v) is 8.78. The fourth-order valence-corrected chi connectivity index (χ4v) is 5.04. The van der Waals surface area contributed by atoms with E-state index in [-0.39, 0.29) is 17.7 Å². The Hall–Kier alpha value is -1.69. The molecule has 2 aliphatic heterocycles. The van der Waals surface area contributed by atoms with Gasteiger partial charge < -0.3 is 4.90 Å². The van der Waals surface area contributed by atoms with Crippen molar-refractivity contribution in [2.45, 2.75) is 57.0 Å². The third-order valence-electron chi connectivity index (χ3n) is 5.09. The van der Waals surface area contributed by atoms with Crippen LogP contribution in [0, 0.1) is 0 Å². The fraction of sp³-hybridized carbons (Fsp3) is 0.562. The molecule has 1 saturated carbocycles. The van der Waals surface area contributed by atoms with E-state index < -0.39 is 6.04 Å². The van der Waals surface area contributed by atoms with Gasteiger partial charge in [-0.25, -0.2) is 0 Å². The average molecular weight is 318 g/mol. The average Bonchev–Trinajstić information content (AvgIpc) is 3.18. The lowest BCUT2D eigenvalue weighted by Crippen LogP contribution is -2.52. The van der Waals surface area contributed by atoms with Crippen LogP contribution >= 0.6 is 11.3 Å². The van der Waals surface area contributed by atoms with E-state index in [4.69, 9.17) is 0 Å². The number of hydrogen-bond acceptors (Lipinski definition) is 4. The van der Waals surface area contributed by atoms with E-state index in [2.05, 4.69) is 10.7 Å². The number of piperidine rings is 1. The van der Waals surface area contributed by atoms with Gasteiger partial charge in [0.1, 0.15) is 6.04 Å². The Bertz CT molecular complexity index is 660. The third-order valence-corrected chi connectivity index (χ3v) is 6.12. The molecule has 1 saturated heterocycles. The lowest BCUT2D eigenvalue weighted by Gasteiger charge is -2.29. The molecule has 1 N–H and O–H groups in total. The molecule has 1 aliphatic carbocycles. The van der Waals surface area contributed by atoms with E-state index in [1.165, 1.54) is 42.6 Å². The molecule has 0 radical (unpaired) electrons. The summed E-state index contributed by atoms with van der Waals surface area (Å²) in [4.78, 5) is 38.4. The summed E-state index contributed by atoms with van der Waals surface area (Å²) in [5, 5.41) is 4.49. The summed E-state index contributed by atoms with van der Waals surface area (Å²) < 4.78 is 0. The molecule has 1 unspecified atom stereocenters. The number of fused-ring (bicyclic) bond motifs is 1. The minimum absolute atomic E-state index is 0.0428. The topological polar surface area (TPSA) is 66.5 Å². The Morgan fingerprint density at radius 1 is 1.14 bits per heavy atom. The van der Waals surface area contributed by atoms with E-state index in [9.17, 15) is 14.4 Å². The molecule has 0 aromatic carbocycles. The number of carbonyl (C=O) groups is 3. The van der Waals surface area contributed by atoms with Crippen LogP contribution in [0.3, 0.4) is 0 Å². The molecular formula is C16H18N2O3S. The van der Waals surface area contributed by atoms with Crippen molar-refractivity contribution >= 4 is 29.1 Å². The van der Waals surface area contributed by atoms with Crippen LogP contribution in [0.2, 0.25) is 0 Å². The van der Waals surface area contributed by atoms with Crippen LogP contribution in [0.25, 0.3) is 0 Å². The van der Waals surface area contributed by atoms with Crippen molar-refractivity contribution in [1.29, 1.82) is 0 Å². The van der Waals surface area contributed by atoms with Gasteiger partial charge in [-0.3, -0.25) is 19.7 Å². The van der Waals surface area contributed by atoms with E-state index in [1.807, 2.05) is 0 Å². The smallest absolute Gasteiger partial charge is 0.265 e. The van der Waals surface area contributed by atoms with Crippen LogP contribution in [-0.4, -0.2) is 28.7 Å². The predicted molar refractivity (Wildman–Crippen MR) is 81.6 cm³/mol. The Morgan fingerprint density at radius 2 is 1.91 bits per heavy atom. The maximum Gasteiger partial charge on any atom is 0.265 e. The highest BCUT2D eigenvalue weighted by Crippen LogP contribution is 2.42. The first-order chi connectivity index (χ1) is 10.6. The van der Waals surface area contributed by atoms with Crippen molar-refractivity contribution in [2.75, 3.05) is 0 Å². The van der Waals surface area contributed by atoms with E-state index in [0.29, 0.717) is 25.3 Å². The van der Waals surface area contributed by atoms with Gasteiger partial charge in [-0.15, -0.1) is 11.3 Å². The predicted octanol–water partition coefficient (Wildman–Crippen LogP) is 2.17. The number of amides is 3. The number of nitrogens with zero attached hydrogens (tertiary/aromatic N) is 1. The number of hydrogen-bond donors (Lipinski definition) is 1. The van der Waals surface area contributed by atoms with Crippen LogP contribution < -0.4 is 5.32 Å². The first-order valence-electron chi connectivity index (χ1n) is 7.90. The van der Waals surface area contributed by atoms with Crippen molar-refractivity contribution in [3.05, 3.63) is 21.4 Å². The van der Waals surface area contributed by atoms with Gasteiger partial charge in [-0.1, -0.05) is 12.8 Å². The van der Waals surface area contributed by atoms with Gasteiger partial charge in [0.25, 0.3) is 5.91 Å². The van der Waals surface area contributed by atoms with E-state index in [0.717, 1.165) is 10.4 Å². The fourth-order valence-electron chi connectivity index (χ4n) is 3.92. The highest BCUT2D eigenvalue weighted by molar-refractivity contribution is 7.12. The normalized spacial score (nSPS) is 25.7. The molecule has 6 heteroatoms. The summed E-state index contributed by atoms with van der Waals surface area (Å²) in [6.45, 7) is 0.524. The Kier molecular flexibility index (Phi) is 3.29. The van der Waals surface area contributed by atoms with Gasteiger partial charge in [0.15, 0.2) is 0 Å². The summed E-state index contributed by atoms with van der Waals surface area (Å²) in [5.74, 6) is -0.0373. The third kappa shape index (κ3) is 2.08. The van der Waals surface area contributed by atoms with Crippen LogP contribution in [-0.2, 0) is 16.1 Å². The maximum atomic E-state index is 12.6. The van der Waals surface area contributed by atoms with E-state index >= 15 is 0 Å². The SMILES string of the molecule is O=C1CCC(N2Cc3c(C4CCCC4)csc3C2=O)C(=O)N1. The van der Waals surface area contributed by atoms with Gasteiger partial charge in [0.05, 0.1) is 4.88 Å². The molecule has 0 bridgehead atoms. The minimum Gasteiger partial charge on any atom is -0.321 e. The Morgan fingerprint density at radius 3 is 2.64 bits per heavy atom. The van der Waals surface area contributed by atoms with Gasteiger partial charge in [0, 0.05) is 13.0 Å². The van der Waals surface area contributed by atoms with Crippen molar-refractivity contribution in [3.8, 4) is 0 Å². The highest BCUT2D eigenvalue weighted by atomic mass is 32.1. The maximum absolute atomic E-state index is 12.6. The van der Waals surface area contributed by atoms with Crippen molar-refractivity contribution in [3.63, 3.8) is 0 Å². The molecule has 4 rings (SSSR count). The van der Waals surface area contributed by atoms with Crippen LogP contribution in [0.5, 0.6) is 0 Å². The number of imide groups is 1. The van der Waals surface area contributed by atoms with Crippen LogP contribution in [0.4, 0.5) is 0 Å². The Labute approximate surface area is 132 Å². The molecule has 116 valence electrons. The van der Waals surface area contributed by atoms with Gasteiger partial charge >= 0.3 is 0 Å². The lowest BCUT2D eigenvalue weighted by molar-refractivity contribution is -0.136. The van der Waals surface area contributed by atoms with Gasteiger partial charge in [-0.2, -0.15) is 0 Å². The van der Waals surface area contributed by atoms with Gasteiger partial charge in [-0.05, 0) is 41.7 Å². The van der Waals surface area contributed by atoms with E-state index in [1.54, 1.807) is 4.90 Å². The molecule has 3 heterocycles. The molecule has 1 atom stereocenters. The molecule has 1 aromatic heterocycles. The molecule has 3 amide bonds. The Balaban J connectivity index is 1.59. The molecule has 1 aromatic rings. The monoisotopic (exact) mass is 318 g/mol. The molecular weight excluding hydrogens is 300 g/mol.